The zero-order valence-electron chi connectivity index (χ0n) is 10.6. The minimum atomic E-state index is -4.04. The Balaban J connectivity index is 2.94. The number of nitro benzene ring substituents is 1. The van der Waals surface area contributed by atoms with Crippen LogP contribution >= 0.6 is 23.2 Å². The predicted octanol–water partition coefficient (Wildman–Crippen LogP) is 1.19. The van der Waals surface area contributed by atoms with Gasteiger partial charge in [0.2, 0.25) is 10.0 Å². The number of aliphatic hydroxyl groups is 1. The smallest absolute Gasteiger partial charge is 0.307 e. The lowest BCUT2D eigenvalue weighted by Crippen LogP contribution is -2.28. The van der Waals surface area contributed by atoms with Gasteiger partial charge in [-0.25, -0.2) is 13.1 Å². The lowest BCUT2D eigenvalue weighted by atomic mass is 10.3. The van der Waals surface area contributed by atoms with Crippen LogP contribution in [0.3, 0.4) is 0 Å². The lowest BCUT2D eigenvalue weighted by molar-refractivity contribution is -0.384. The molecule has 0 spiro atoms. The van der Waals surface area contributed by atoms with Crippen LogP contribution in [0.1, 0.15) is 0 Å². The van der Waals surface area contributed by atoms with E-state index >= 15 is 0 Å². The molecule has 1 aromatic rings. The maximum absolute atomic E-state index is 12.0. The Kier molecular flexibility index (Phi) is 6.78. The minimum Gasteiger partial charge on any atom is -0.394 e. The number of rotatable bonds is 8. The summed E-state index contributed by atoms with van der Waals surface area (Å²) < 4.78 is 31.1. The average Bonchev–Trinajstić information content (AvgIpc) is 2.37. The fourth-order valence-electron chi connectivity index (χ4n) is 1.39. The quantitative estimate of drug-likeness (QED) is 0.409. The molecule has 0 atom stereocenters. The average molecular weight is 359 g/mol. The molecule has 0 heterocycles. The van der Waals surface area contributed by atoms with Crippen molar-refractivity contribution in [2.75, 3.05) is 26.4 Å². The standard InChI is InChI=1S/C10H12Cl2N2O6S/c11-7-1-2-8(9(12)10(7)14(16)17)21(18,19)13-3-5-20-6-4-15/h1-2,13,15H,3-6H2. The van der Waals surface area contributed by atoms with Crippen LogP contribution in [0.4, 0.5) is 5.69 Å². The molecule has 1 aromatic carbocycles. The zero-order valence-corrected chi connectivity index (χ0v) is 12.9. The molecular weight excluding hydrogens is 347 g/mol. The Labute approximate surface area is 130 Å². The van der Waals surface area contributed by atoms with E-state index in [1.54, 1.807) is 0 Å². The van der Waals surface area contributed by atoms with E-state index in [2.05, 4.69) is 4.72 Å². The highest BCUT2D eigenvalue weighted by Gasteiger charge is 2.27. The third kappa shape index (κ3) is 4.77. The first-order valence-electron chi connectivity index (χ1n) is 5.62. The van der Waals surface area contributed by atoms with Crippen LogP contribution in [0.2, 0.25) is 10.0 Å². The summed E-state index contributed by atoms with van der Waals surface area (Å²) in [6.07, 6.45) is 0. The fraction of sp³-hybridized carbons (Fsp3) is 0.400. The topological polar surface area (TPSA) is 119 Å². The molecule has 0 saturated heterocycles. The second-order valence-electron chi connectivity index (χ2n) is 3.70. The molecule has 0 unspecified atom stereocenters. The Morgan fingerprint density at radius 1 is 1.33 bits per heavy atom. The summed E-state index contributed by atoms with van der Waals surface area (Å²) in [7, 11) is -4.04. The van der Waals surface area contributed by atoms with Gasteiger partial charge >= 0.3 is 5.69 Å². The SMILES string of the molecule is O=[N+]([O-])c1c(Cl)ccc(S(=O)(=O)NCCOCCO)c1Cl. The largest absolute Gasteiger partial charge is 0.394 e. The van der Waals surface area contributed by atoms with E-state index in [1.165, 1.54) is 0 Å². The van der Waals surface area contributed by atoms with Crippen LogP contribution in [0, 0.1) is 10.1 Å². The maximum Gasteiger partial charge on any atom is 0.307 e. The Morgan fingerprint density at radius 2 is 2.00 bits per heavy atom. The minimum absolute atomic E-state index is 0.0348. The van der Waals surface area contributed by atoms with Gasteiger partial charge in [0.15, 0.2) is 0 Å². The van der Waals surface area contributed by atoms with Crippen molar-refractivity contribution in [3.8, 4) is 0 Å². The highest BCUT2D eigenvalue weighted by molar-refractivity contribution is 7.89. The van der Waals surface area contributed by atoms with Crippen molar-refractivity contribution in [3.05, 3.63) is 32.3 Å². The van der Waals surface area contributed by atoms with E-state index in [4.69, 9.17) is 33.0 Å². The number of sulfonamides is 1. The number of aliphatic hydroxyl groups excluding tert-OH is 1. The van der Waals surface area contributed by atoms with Crippen LogP contribution in [-0.4, -0.2) is 44.8 Å². The summed E-state index contributed by atoms with van der Waals surface area (Å²) in [6.45, 7) is -0.140. The van der Waals surface area contributed by atoms with Gasteiger partial charge in [-0.15, -0.1) is 0 Å². The van der Waals surface area contributed by atoms with Crippen molar-refractivity contribution in [3.63, 3.8) is 0 Å². The van der Waals surface area contributed by atoms with E-state index in [-0.39, 0.29) is 31.4 Å². The number of nitrogens with one attached hydrogen (secondary N) is 1. The normalized spacial score (nSPS) is 11.6. The van der Waals surface area contributed by atoms with Gasteiger partial charge in [0.05, 0.1) is 24.7 Å². The van der Waals surface area contributed by atoms with E-state index in [0.717, 1.165) is 12.1 Å². The van der Waals surface area contributed by atoms with Crippen LogP contribution in [0.15, 0.2) is 17.0 Å². The van der Waals surface area contributed by atoms with Gasteiger partial charge < -0.3 is 9.84 Å². The molecule has 118 valence electrons. The highest BCUT2D eigenvalue weighted by atomic mass is 35.5. The molecular formula is C10H12Cl2N2O6S. The summed E-state index contributed by atoms with van der Waals surface area (Å²) in [4.78, 5) is 9.54. The molecule has 0 bridgehead atoms. The monoisotopic (exact) mass is 358 g/mol. The third-order valence-electron chi connectivity index (χ3n) is 2.28. The first-order valence-corrected chi connectivity index (χ1v) is 7.86. The number of nitro groups is 1. The number of nitrogens with zero attached hydrogens (tertiary/aromatic N) is 1. The van der Waals surface area contributed by atoms with Crippen LogP contribution in [-0.2, 0) is 14.8 Å². The first-order chi connectivity index (χ1) is 9.81. The molecule has 21 heavy (non-hydrogen) atoms. The van der Waals surface area contributed by atoms with Gasteiger partial charge in [-0.05, 0) is 12.1 Å². The van der Waals surface area contributed by atoms with E-state index in [9.17, 15) is 18.5 Å². The van der Waals surface area contributed by atoms with Crippen LogP contribution < -0.4 is 4.72 Å². The zero-order chi connectivity index (χ0) is 16.0. The third-order valence-corrected chi connectivity index (χ3v) is 4.58. The molecule has 0 saturated carbocycles. The summed E-state index contributed by atoms with van der Waals surface area (Å²) in [5.41, 5.74) is -0.669. The van der Waals surface area contributed by atoms with Crippen LogP contribution in [0.25, 0.3) is 0 Å². The molecule has 0 radical (unpaired) electrons. The number of hydrogen-bond acceptors (Lipinski definition) is 6. The summed E-state index contributed by atoms with van der Waals surface area (Å²) in [6, 6.07) is 2.16. The Morgan fingerprint density at radius 3 is 2.57 bits per heavy atom. The van der Waals surface area contributed by atoms with Crippen LogP contribution in [0.5, 0.6) is 0 Å². The van der Waals surface area contributed by atoms with Crippen molar-refractivity contribution >= 4 is 38.9 Å². The van der Waals surface area contributed by atoms with E-state index < -0.39 is 30.6 Å². The van der Waals surface area contributed by atoms with Crippen molar-refractivity contribution in [2.24, 2.45) is 0 Å². The summed E-state index contributed by atoms with van der Waals surface area (Å²) >= 11 is 11.4. The molecule has 0 aliphatic rings. The summed E-state index contributed by atoms with van der Waals surface area (Å²) in [5, 5.41) is 18.5. The van der Waals surface area contributed by atoms with Crippen molar-refractivity contribution in [1.29, 1.82) is 0 Å². The molecule has 2 N–H and O–H groups in total. The molecule has 0 aromatic heterocycles. The Hall–Kier alpha value is -0.970. The second kappa shape index (κ2) is 7.87. The summed E-state index contributed by atoms with van der Waals surface area (Å²) in [5.74, 6) is 0. The van der Waals surface area contributed by atoms with E-state index in [1.807, 2.05) is 0 Å². The van der Waals surface area contributed by atoms with Gasteiger partial charge in [0.25, 0.3) is 0 Å². The number of hydrogen-bond donors (Lipinski definition) is 2. The van der Waals surface area contributed by atoms with Gasteiger partial charge in [0.1, 0.15) is 14.9 Å². The number of benzene rings is 1. The van der Waals surface area contributed by atoms with Gasteiger partial charge in [0, 0.05) is 6.54 Å². The lowest BCUT2D eigenvalue weighted by Gasteiger charge is -2.09. The number of ether oxygens (including phenoxy) is 1. The first kappa shape index (κ1) is 18.1. The van der Waals surface area contributed by atoms with Crippen molar-refractivity contribution in [1.82, 2.24) is 4.72 Å². The van der Waals surface area contributed by atoms with E-state index in [0.29, 0.717) is 0 Å². The molecule has 0 amide bonds. The highest BCUT2D eigenvalue weighted by Crippen LogP contribution is 2.36. The molecule has 8 nitrogen and oxygen atoms in total. The van der Waals surface area contributed by atoms with Gasteiger partial charge in [-0.1, -0.05) is 23.2 Å². The molecule has 1 rings (SSSR count). The molecule has 0 aliphatic heterocycles. The molecule has 0 aliphatic carbocycles. The van der Waals surface area contributed by atoms with Gasteiger partial charge in [-0.2, -0.15) is 0 Å². The second-order valence-corrected chi connectivity index (χ2v) is 6.22. The van der Waals surface area contributed by atoms with Crippen molar-refractivity contribution < 1.29 is 23.2 Å². The van der Waals surface area contributed by atoms with Gasteiger partial charge in [-0.3, -0.25) is 10.1 Å². The number of halogens is 2. The predicted molar refractivity (Wildman–Crippen MR) is 76.2 cm³/mol. The molecule has 0 fully saturated rings. The Bertz CT molecular complexity index is 622. The molecule has 11 heteroatoms. The van der Waals surface area contributed by atoms with Crippen molar-refractivity contribution in [2.45, 2.75) is 4.90 Å². The fourth-order valence-corrected chi connectivity index (χ4v) is 3.29. The maximum atomic E-state index is 12.0.